The molecular weight excluding hydrogens is 727 g/mol. The summed E-state index contributed by atoms with van der Waals surface area (Å²) in [4.78, 5) is 70.7. The fraction of sp³-hybridized carbons (Fsp3) is 0.643. The Hall–Kier alpha value is -4.34. The van der Waals surface area contributed by atoms with E-state index in [4.69, 9.17) is 34.8 Å². The minimum atomic E-state index is -3.25. The Bertz CT molecular complexity index is 1730. The maximum Gasteiger partial charge on any atom is 0.408 e. The van der Waals surface area contributed by atoms with Gasteiger partial charge in [-0.1, -0.05) is 51.8 Å². The van der Waals surface area contributed by atoms with E-state index in [1.807, 2.05) is 25.9 Å². The summed E-state index contributed by atoms with van der Waals surface area (Å²) < 4.78 is 53.8. The van der Waals surface area contributed by atoms with Crippen LogP contribution in [0.25, 0.3) is 0 Å². The van der Waals surface area contributed by atoms with Gasteiger partial charge in [0.25, 0.3) is 5.67 Å². The minimum Gasteiger partial charge on any atom is -0.455 e. The predicted octanol–water partition coefficient (Wildman–Crippen LogP) is 4.44. The number of alkyl carbamates (subject to hydrolysis) is 1. The molecule has 1 aromatic rings. The van der Waals surface area contributed by atoms with E-state index < -0.39 is 101 Å². The normalized spacial score (nSPS) is 38.1. The number of ketones is 2. The summed E-state index contributed by atoms with van der Waals surface area (Å²) in [5.41, 5.74) is -6.20. The average molecular weight is 783 g/mol. The third kappa shape index (κ3) is 9.26. The Morgan fingerprint density at radius 2 is 1.71 bits per heavy atom. The first-order valence-electron chi connectivity index (χ1n) is 19.0. The molecule has 56 heavy (non-hydrogen) atoms. The number of hydrogen-bond donors (Lipinski definition) is 1. The molecule has 3 aliphatic heterocycles. The van der Waals surface area contributed by atoms with Crippen molar-refractivity contribution in [2.45, 2.75) is 134 Å². The lowest BCUT2D eigenvalue weighted by Gasteiger charge is -2.48. The van der Waals surface area contributed by atoms with Crippen LogP contribution in [-0.2, 0) is 42.8 Å². The zero-order valence-electron chi connectivity index (χ0n) is 33.9. The van der Waals surface area contributed by atoms with E-state index in [0.717, 1.165) is 6.92 Å². The third-order valence-corrected chi connectivity index (χ3v) is 11.3. The summed E-state index contributed by atoms with van der Waals surface area (Å²) in [6.07, 6.45) is -0.665. The van der Waals surface area contributed by atoms with Crippen LogP contribution in [0.4, 0.5) is 9.18 Å². The highest BCUT2D eigenvalue weighted by atomic mass is 19.1. The highest BCUT2D eigenvalue weighted by Crippen LogP contribution is 2.41. The second-order valence-corrected chi connectivity index (χ2v) is 15.9. The topological polar surface area (TPSA) is 156 Å². The number of ether oxygens (including phenoxy) is 6. The molecule has 13 nitrogen and oxygen atoms in total. The third-order valence-electron chi connectivity index (χ3n) is 11.3. The molecule has 3 saturated heterocycles. The van der Waals surface area contributed by atoms with E-state index >= 15 is 4.39 Å². The van der Waals surface area contributed by atoms with Gasteiger partial charge in [-0.2, -0.15) is 0 Å². The van der Waals surface area contributed by atoms with Crippen molar-refractivity contribution >= 4 is 29.6 Å². The molecule has 1 aromatic carbocycles. The lowest BCUT2D eigenvalue weighted by atomic mass is 9.73. The van der Waals surface area contributed by atoms with E-state index in [0.29, 0.717) is 6.42 Å². The van der Waals surface area contributed by atoms with Gasteiger partial charge in [0.05, 0.1) is 35.5 Å². The number of Topliss-reactive ketones (excluding diaryl/α,β-unsaturated/α-hetero) is 2. The quantitative estimate of drug-likeness (QED) is 0.172. The van der Waals surface area contributed by atoms with Crippen LogP contribution in [0.2, 0.25) is 0 Å². The number of terminal acetylenes is 1. The molecule has 0 radical (unpaired) electrons. The summed E-state index contributed by atoms with van der Waals surface area (Å²) in [5, 5.41) is 2.69. The molecule has 1 N–H and O–H groups in total. The Balaban J connectivity index is 1.88. The Labute approximate surface area is 329 Å². The maximum absolute atomic E-state index is 16.9. The minimum absolute atomic E-state index is 0.0632. The lowest BCUT2D eigenvalue weighted by molar-refractivity contribution is -0.296. The van der Waals surface area contributed by atoms with E-state index in [-0.39, 0.29) is 30.8 Å². The van der Waals surface area contributed by atoms with Gasteiger partial charge >= 0.3 is 18.0 Å². The number of cyclic esters (lactones) is 1. The highest BCUT2D eigenvalue weighted by molar-refractivity contribution is 6.08. The molecule has 0 aliphatic carbocycles. The van der Waals surface area contributed by atoms with Crippen molar-refractivity contribution in [3.05, 3.63) is 35.9 Å². The van der Waals surface area contributed by atoms with E-state index in [9.17, 15) is 24.0 Å². The van der Waals surface area contributed by atoms with Crippen molar-refractivity contribution in [1.82, 2.24) is 10.2 Å². The number of nitrogens with one attached hydrogen (secondary N) is 1. The summed E-state index contributed by atoms with van der Waals surface area (Å²) in [6.45, 7) is 11.7. The van der Waals surface area contributed by atoms with Crippen LogP contribution in [0.15, 0.2) is 30.3 Å². The van der Waals surface area contributed by atoms with Gasteiger partial charge in [0.2, 0.25) is 0 Å². The molecule has 0 unspecified atom stereocenters. The van der Waals surface area contributed by atoms with E-state index in [1.165, 1.54) is 13.8 Å². The number of carbonyl (C=O) groups is 5. The molecule has 3 fully saturated rings. The number of halogens is 1. The van der Waals surface area contributed by atoms with Gasteiger partial charge < -0.3 is 38.6 Å². The predicted molar refractivity (Wildman–Crippen MR) is 202 cm³/mol. The first-order valence-corrected chi connectivity index (χ1v) is 19.0. The number of fused-ring (bicyclic) bond motifs is 1. The van der Waals surface area contributed by atoms with Gasteiger partial charge in [-0.15, -0.1) is 6.42 Å². The Morgan fingerprint density at radius 1 is 1.05 bits per heavy atom. The van der Waals surface area contributed by atoms with Crippen LogP contribution in [0.3, 0.4) is 0 Å². The summed E-state index contributed by atoms with van der Waals surface area (Å²) in [5.74, 6) is 0.478. The number of rotatable bonds is 8. The molecule has 306 valence electrons. The van der Waals surface area contributed by atoms with Gasteiger partial charge in [0.15, 0.2) is 23.8 Å². The number of likely N-dealkylation sites (N-methyl/N-ethyl adjacent to an activating group) is 1. The number of alkyl halides is 1. The monoisotopic (exact) mass is 782 g/mol. The molecule has 0 bridgehead atoms. The number of hydrogen-bond acceptors (Lipinski definition) is 12. The molecule has 4 rings (SSSR count). The van der Waals surface area contributed by atoms with Crippen molar-refractivity contribution in [1.29, 1.82) is 0 Å². The Morgan fingerprint density at radius 3 is 2.32 bits per heavy atom. The van der Waals surface area contributed by atoms with Gasteiger partial charge in [0, 0.05) is 17.8 Å². The van der Waals surface area contributed by atoms with Gasteiger partial charge in [0.1, 0.15) is 18.5 Å². The second-order valence-electron chi connectivity index (χ2n) is 15.9. The second kappa shape index (κ2) is 17.9. The molecule has 0 saturated carbocycles. The summed E-state index contributed by atoms with van der Waals surface area (Å²) in [6, 6.07) is 6.92. The van der Waals surface area contributed by atoms with Crippen LogP contribution in [0, 0.1) is 41.9 Å². The number of carbonyl (C=O) groups excluding carboxylic acids is 5. The standard InChI is InChI=1S/C42H55FN2O11/c1-12-14-18-21-51-40(7)23-24(3)31(46)26(5)33-42(9,56-39(50)44-33)30(13-2)53-38(49)41(8,43)34(47)27(6)35(40)55-37-32(29(45(10)11)22-25(4)52-37)54-36(48)28-19-16-15-17-20-28/h1,15-17,19-20,24-27,29-30,32-33,35,37H,13,21-23H2,2-11H3,(H,44,50)/t24-,25-,26+,27+,29+,30-,32-,33-,35-,37+,40-,41+,42-/m1/s1. The summed E-state index contributed by atoms with van der Waals surface area (Å²) >= 11 is 0. The molecule has 1 amide bonds. The van der Waals surface area contributed by atoms with Crippen molar-refractivity contribution in [2.75, 3.05) is 20.7 Å². The van der Waals surface area contributed by atoms with Crippen molar-refractivity contribution in [2.24, 2.45) is 17.8 Å². The fourth-order valence-electron chi connectivity index (χ4n) is 8.30. The molecule has 14 heteroatoms. The lowest BCUT2D eigenvalue weighted by Crippen LogP contribution is -2.62. The van der Waals surface area contributed by atoms with Gasteiger partial charge in [-0.25, -0.2) is 18.8 Å². The van der Waals surface area contributed by atoms with Crippen LogP contribution in [-0.4, -0.2) is 115 Å². The zero-order valence-corrected chi connectivity index (χ0v) is 33.9. The first-order chi connectivity index (χ1) is 26.2. The van der Waals surface area contributed by atoms with Gasteiger partial charge in [-0.05, 0) is 85.0 Å². The number of esters is 2. The zero-order chi connectivity index (χ0) is 41.7. The van der Waals surface area contributed by atoms with E-state index in [2.05, 4.69) is 23.1 Å². The average Bonchev–Trinajstić information content (AvgIpc) is 3.47. The highest BCUT2D eigenvalue weighted by Gasteiger charge is 2.59. The number of benzene rings is 1. The largest absolute Gasteiger partial charge is 0.455 e. The number of amides is 1. The smallest absolute Gasteiger partial charge is 0.408 e. The Kier molecular flexibility index (Phi) is 14.1. The SMILES string of the molecule is C#CC#CCO[C@]1(C)C[C@@H](C)C(=O)[C@H](C)[C@H]2NC(=O)O[C@]2(C)[C@@H](CC)OC(=O)[C@@](C)(F)C(=O)[C@H](C)[C@H]1O[C@@H]1O[C@H](C)C[C@H](N(C)C)[C@H]1OC(=O)c1ccccc1. The molecular formula is C42H55FN2O11. The van der Waals surface area contributed by atoms with Crippen LogP contribution in [0.5, 0.6) is 0 Å². The number of nitrogens with zero attached hydrogens (tertiary/aromatic N) is 1. The molecule has 0 spiro atoms. The molecule has 3 aliphatic rings. The molecule has 3 heterocycles. The van der Waals surface area contributed by atoms with Crippen molar-refractivity contribution in [3.8, 4) is 24.2 Å². The van der Waals surface area contributed by atoms with Crippen molar-refractivity contribution < 1.29 is 56.8 Å². The van der Waals surface area contributed by atoms with Crippen LogP contribution < -0.4 is 5.32 Å². The van der Waals surface area contributed by atoms with Crippen LogP contribution >= 0.6 is 0 Å². The molecule has 0 aromatic heterocycles. The van der Waals surface area contributed by atoms with Gasteiger partial charge in [-0.3, -0.25) is 9.59 Å². The van der Waals surface area contributed by atoms with Crippen LogP contribution in [0.1, 0.15) is 85.0 Å². The first kappa shape index (κ1) is 44.4. The van der Waals surface area contributed by atoms with Crippen molar-refractivity contribution in [3.63, 3.8) is 0 Å². The summed E-state index contributed by atoms with van der Waals surface area (Å²) in [7, 11) is 3.63. The maximum atomic E-state index is 16.9. The fourth-order valence-corrected chi connectivity index (χ4v) is 8.30. The van der Waals surface area contributed by atoms with E-state index in [1.54, 1.807) is 58.0 Å². The molecule has 13 atom stereocenters.